The summed E-state index contributed by atoms with van der Waals surface area (Å²) in [4.78, 5) is 2.41. The number of hydrogen-bond acceptors (Lipinski definition) is 2. The van der Waals surface area contributed by atoms with E-state index in [0.29, 0.717) is 11.5 Å². The first-order valence-electron chi connectivity index (χ1n) is 7.25. The van der Waals surface area contributed by atoms with Crippen molar-refractivity contribution in [2.45, 2.75) is 66.0 Å². The van der Waals surface area contributed by atoms with Gasteiger partial charge in [0.1, 0.15) is 0 Å². The van der Waals surface area contributed by atoms with E-state index in [1.807, 2.05) is 0 Å². The summed E-state index contributed by atoms with van der Waals surface area (Å²) >= 11 is 0. The van der Waals surface area contributed by atoms with Gasteiger partial charge >= 0.3 is 0 Å². The van der Waals surface area contributed by atoms with E-state index in [1.54, 1.807) is 0 Å². The minimum absolute atomic E-state index is 0.562. The molecule has 0 radical (unpaired) electrons. The van der Waals surface area contributed by atoms with Crippen LogP contribution in [0, 0.1) is 11.3 Å². The average molecular weight is 240 g/mol. The highest BCUT2D eigenvalue weighted by atomic mass is 15.1. The number of rotatable bonds is 5. The fourth-order valence-electron chi connectivity index (χ4n) is 2.93. The molecule has 1 aliphatic rings. The van der Waals surface area contributed by atoms with Crippen LogP contribution in [0.15, 0.2) is 0 Å². The molecule has 1 aliphatic carbocycles. The van der Waals surface area contributed by atoms with Gasteiger partial charge in [0, 0.05) is 25.2 Å². The molecule has 1 N–H and O–H groups in total. The number of nitrogens with one attached hydrogen (secondary N) is 1. The van der Waals surface area contributed by atoms with Crippen LogP contribution in [0.5, 0.6) is 0 Å². The highest BCUT2D eigenvalue weighted by Crippen LogP contribution is 2.38. The molecule has 2 nitrogen and oxygen atoms in total. The van der Waals surface area contributed by atoms with Gasteiger partial charge in [-0.1, -0.05) is 20.8 Å². The molecule has 2 atom stereocenters. The van der Waals surface area contributed by atoms with E-state index in [1.165, 1.54) is 19.3 Å². The van der Waals surface area contributed by atoms with Crippen molar-refractivity contribution in [2.24, 2.45) is 11.3 Å². The largest absolute Gasteiger partial charge is 0.312 e. The predicted molar refractivity (Wildman–Crippen MR) is 76.4 cm³/mol. The number of likely N-dealkylation sites (N-methyl/N-ethyl adjacent to an activating group) is 1. The Morgan fingerprint density at radius 2 is 2.00 bits per heavy atom. The second-order valence-electron chi connectivity index (χ2n) is 7.02. The fraction of sp³-hybridized carbons (Fsp3) is 1.00. The maximum atomic E-state index is 3.75. The van der Waals surface area contributed by atoms with E-state index in [-0.39, 0.29) is 0 Å². The molecular formula is C15H32N2. The van der Waals surface area contributed by atoms with Crippen molar-refractivity contribution < 1.29 is 0 Å². The number of hydrogen-bond donors (Lipinski definition) is 1. The normalized spacial score (nSPS) is 28.9. The molecule has 0 bridgehead atoms. The van der Waals surface area contributed by atoms with Gasteiger partial charge in [0.2, 0.25) is 0 Å². The van der Waals surface area contributed by atoms with Crippen LogP contribution in [0.4, 0.5) is 0 Å². The summed E-state index contributed by atoms with van der Waals surface area (Å²) in [7, 11) is 2.21. The van der Waals surface area contributed by atoms with E-state index < -0.39 is 0 Å². The summed E-state index contributed by atoms with van der Waals surface area (Å²) in [6.45, 7) is 14.0. The molecule has 0 saturated heterocycles. The van der Waals surface area contributed by atoms with E-state index in [9.17, 15) is 0 Å². The van der Waals surface area contributed by atoms with Gasteiger partial charge in [-0.2, -0.15) is 0 Å². The van der Waals surface area contributed by atoms with Crippen molar-refractivity contribution in [3.05, 3.63) is 0 Å². The Hall–Kier alpha value is -0.0800. The quantitative estimate of drug-likeness (QED) is 0.794. The summed E-state index contributed by atoms with van der Waals surface area (Å²) in [6, 6.07) is 1.39. The van der Waals surface area contributed by atoms with E-state index >= 15 is 0 Å². The third kappa shape index (κ3) is 4.97. The highest BCUT2D eigenvalue weighted by Gasteiger charge is 2.31. The van der Waals surface area contributed by atoms with Crippen molar-refractivity contribution in [3.63, 3.8) is 0 Å². The molecule has 102 valence electrons. The molecule has 0 amide bonds. The predicted octanol–water partition coefficient (Wildman–Crippen LogP) is 3.13. The van der Waals surface area contributed by atoms with Gasteiger partial charge in [-0.15, -0.1) is 0 Å². The Kier molecular flexibility index (Phi) is 5.46. The van der Waals surface area contributed by atoms with Crippen molar-refractivity contribution in [1.29, 1.82) is 0 Å². The molecule has 17 heavy (non-hydrogen) atoms. The highest BCUT2D eigenvalue weighted by molar-refractivity contribution is 4.86. The molecule has 0 aromatic heterocycles. The molecule has 0 aliphatic heterocycles. The Bertz CT molecular complexity index is 223. The molecule has 0 aromatic rings. The first-order chi connectivity index (χ1) is 7.82. The van der Waals surface area contributed by atoms with Crippen LogP contribution in [0.3, 0.4) is 0 Å². The standard InChI is InChI=1S/C15H32N2/c1-12(2)17(6)10-9-16-14-7-8-15(4,5)11-13(14)3/h12-14,16H,7-11H2,1-6H3. The minimum Gasteiger partial charge on any atom is -0.312 e. The topological polar surface area (TPSA) is 15.3 Å². The summed E-state index contributed by atoms with van der Waals surface area (Å²) in [5.74, 6) is 0.822. The van der Waals surface area contributed by atoms with Crippen molar-refractivity contribution in [1.82, 2.24) is 10.2 Å². The van der Waals surface area contributed by atoms with E-state index in [2.05, 4.69) is 51.9 Å². The summed E-state index contributed by atoms with van der Waals surface area (Å²) in [5.41, 5.74) is 0.562. The Balaban J connectivity index is 2.24. The smallest absolute Gasteiger partial charge is 0.0107 e. The summed E-state index contributed by atoms with van der Waals surface area (Å²) in [6.07, 6.45) is 4.08. The van der Waals surface area contributed by atoms with Crippen LogP contribution in [0.2, 0.25) is 0 Å². The van der Waals surface area contributed by atoms with Gasteiger partial charge in [-0.25, -0.2) is 0 Å². The maximum Gasteiger partial charge on any atom is 0.0107 e. The average Bonchev–Trinajstić information content (AvgIpc) is 2.20. The lowest BCUT2D eigenvalue weighted by atomic mass is 9.70. The zero-order chi connectivity index (χ0) is 13.1. The molecule has 0 heterocycles. The van der Waals surface area contributed by atoms with E-state index in [4.69, 9.17) is 0 Å². The number of nitrogens with zero attached hydrogens (tertiary/aromatic N) is 1. The van der Waals surface area contributed by atoms with Crippen molar-refractivity contribution in [3.8, 4) is 0 Å². The summed E-state index contributed by atoms with van der Waals surface area (Å²) in [5, 5.41) is 3.75. The summed E-state index contributed by atoms with van der Waals surface area (Å²) < 4.78 is 0. The SMILES string of the molecule is CC1CC(C)(C)CCC1NCCN(C)C(C)C. The van der Waals surface area contributed by atoms with Gasteiger partial charge in [0.05, 0.1) is 0 Å². The molecule has 1 fully saturated rings. The van der Waals surface area contributed by atoms with Crippen LogP contribution in [-0.2, 0) is 0 Å². The zero-order valence-corrected chi connectivity index (χ0v) is 12.7. The van der Waals surface area contributed by atoms with Crippen molar-refractivity contribution in [2.75, 3.05) is 20.1 Å². The zero-order valence-electron chi connectivity index (χ0n) is 12.7. The Morgan fingerprint density at radius 1 is 1.35 bits per heavy atom. The van der Waals surface area contributed by atoms with Gasteiger partial charge < -0.3 is 10.2 Å². The molecule has 0 spiro atoms. The van der Waals surface area contributed by atoms with Crippen LogP contribution < -0.4 is 5.32 Å². The molecule has 2 heteroatoms. The van der Waals surface area contributed by atoms with Gasteiger partial charge in [-0.3, -0.25) is 0 Å². The lowest BCUT2D eigenvalue weighted by Gasteiger charge is -2.40. The molecular weight excluding hydrogens is 208 g/mol. The van der Waals surface area contributed by atoms with Crippen LogP contribution in [0.1, 0.15) is 53.9 Å². The van der Waals surface area contributed by atoms with Crippen LogP contribution in [-0.4, -0.2) is 37.1 Å². The molecule has 1 rings (SSSR count). The Morgan fingerprint density at radius 3 is 2.53 bits per heavy atom. The van der Waals surface area contributed by atoms with Gasteiger partial charge in [-0.05, 0) is 51.5 Å². The third-order valence-corrected chi connectivity index (χ3v) is 4.45. The van der Waals surface area contributed by atoms with Gasteiger partial charge in [0.15, 0.2) is 0 Å². The molecule has 2 unspecified atom stereocenters. The van der Waals surface area contributed by atoms with Crippen LogP contribution >= 0.6 is 0 Å². The van der Waals surface area contributed by atoms with Crippen LogP contribution in [0.25, 0.3) is 0 Å². The fourth-order valence-corrected chi connectivity index (χ4v) is 2.93. The Labute approximate surface area is 108 Å². The van der Waals surface area contributed by atoms with Crippen molar-refractivity contribution >= 4 is 0 Å². The first-order valence-corrected chi connectivity index (χ1v) is 7.25. The minimum atomic E-state index is 0.562. The van der Waals surface area contributed by atoms with Gasteiger partial charge in [0.25, 0.3) is 0 Å². The first kappa shape index (κ1) is 15.0. The second-order valence-corrected chi connectivity index (χ2v) is 7.02. The lowest BCUT2D eigenvalue weighted by molar-refractivity contribution is 0.145. The monoisotopic (exact) mass is 240 g/mol. The maximum absolute atomic E-state index is 3.75. The second kappa shape index (κ2) is 6.19. The molecule has 1 saturated carbocycles. The van der Waals surface area contributed by atoms with E-state index in [0.717, 1.165) is 25.0 Å². The third-order valence-electron chi connectivity index (χ3n) is 4.45. The molecule has 0 aromatic carbocycles. The lowest BCUT2D eigenvalue weighted by Crippen LogP contribution is -2.44.